The molecular weight excluding hydrogens is 310 g/mol. The zero-order chi connectivity index (χ0) is 17.1. The lowest BCUT2D eigenvalue weighted by atomic mass is 10.1. The van der Waals surface area contributed by atoms with Gasteiger partial charge in [-0.1, -0.05) is 12.1 Å². The Kier molecular flexibility index (Phi) is 5.01. The number of hydrogen-bond donors (Lipinski definition) is 1. The first-order chi connectivity index (χ1) is 11.6. The Balaban J connectivity index is 1.77. The summed E-state index contributed by atoms with van der Waals surface area (Å²) in [6, 6.07) is 7.31. The second-order valence-corrected chi connectivity index (χ2v) is 6.11. The number of fused-ring (bicyclic) bond motifs is 1. The quantitative estimate of drug-likeness (QED) is 0.858. The highest BCUT2D eigenvalue weighted by Gasteiger charge is 2.34. The van der Waals surface area contributed by atoms with Crippen LogP contribution in [0.2, 0.25) is 0 Å². The van der Waals surface area contributed by atoms with E-state index in [1.807, 2.05) is 25.1 Å². The SMILES string of the molecule is CNC(=O)[C@@H]1CN(C(=O)CN2CCO[C@@H](C)C2)c2ccccc2O1. The monoisotopic (exact) mass is 333 g/mol. The topological polar surface area (TPSA) is 71.1 Å². The smallest absolute Gasteiger partial charge is 0.262 e. The minimum Gasteiger partial charge on any atom is -0.477 e. The summed E-state index contributed by atoms with van der Waals surface area (Å²) in [5.74, 6) is 0.289. The summed E-state index contributed by atoms with van der Waals surface area (Å²) in [6.07, 6.45) is -0.570. The van der Waals surface area contributed by atoms with Crippen molar-refractivity contribution >= 4 is 17.5 Å². The van der Waals surface area contributed by atoms with Crippen LogP contribution in [-0.4, -0.2) is 68.8 Å². The number of amides is 2. The highest BCUT2D eigenvalue weighted by Crippen LogP contribution is 2.33. The minimum absolute atomic E-state index is 0.0336. The molecule has 2 atom stereocenters. The van der Waals surface area contributed by atoms with Crippen LogP contribution in [0, 0.1) is 0 Å². The van der Waals surface area contributed by atoms with Gasteiger partial charge >= 0.3 is 0 Å². The van der Waals surface area contributed by atoms with Crippen LogP contribution in [0.5, 0.6) is 5.75 Å². The molecule has 1 N–H and O–H groups in total. The molecule has 1 aromatic rings. The average molecular weight is 333 g/mol. The van der Waals surface area contributed by atoms with Crippen LogP contribution in [0.4, 0.5) is 5.69 Å². The molecule has 2 amide bonds. The predicted octanol–water partition coefficient (Wildman–Crippen LogP) is 0.247. The lowest BCUT2D eigenvalue weighted by Gasteiger charge is -2.36. The van der Waals surface area contributed by atoms with Crippen LogP contribution in [0.1, 0.15) is 6.92 Å². The molecule has 2 aliphatic heterocycles. The molecule has 0 spiro atoms. The van der Waals surface area contributed by atoms with Crippen molar-refractivity contribution in [1.29, 1.82) is 0 Å². The maximum Gasteiger partial charge on any atom is 0.262 e. The molecule has 1 fully saturated rings. The zero-order valence-electron chi connectivity index (χ0n) is 14.0. The van der Waals surface area contributed by atoms with E-state index in [2.05, 4.69) is 10.2 Å². The minimum atomic E-state index is -0.697. The lowest BCUT2D eigenvalue weighted by Crippen LogP contribution is -2.53. The van der Waals surface area contributed by atoms with Gasteiger partial charge in [0, 0.05) is 20.1 Å². The van der Waals surface area contributed by atoms with E-state index in [0.717, 1.165) is 13.1 Å². The number of ether oxygens (including phenoxy) is 2. The molecule has 2 aliphatic rings. The molecule has 0 saturated carbocycles. The summed E-state index contributed by atoms with van der Waals surface area (Å²) in [4.78, 5) is 28.6. The van der Waals surface area contributed by atoms with Crippen LogP contribution < -0.4 is 15.0 Å². The Morgan fingerprint density at radius 3 is 2.83 bits per heavy atom. The first-order valence-corrected chi connectivity index (χ1v) is 8.20. The van der Waals surface area contributed by atoms with Crippen molar-refractivity contribution in [1.82, 2.24) is 10.2 Å². The third-order valence-corrected chi connectivity index (χ3v) is 4.30. The molecule has 0 aliphatic carbocycles. The summed E-state index contributed by atoms with van der Waals surface area (Å²) in [7, 11) is 1.56. The highest BCUT2D eigenvalue weighted by atomic mass is 16.5. The number of morpholine rings is 1. The molecule has 1 aromatic carbocycles. The zero-order valence-corrected chi connectivity index (χ0v) is 14.0. The molecule has 0 unspecified atom stereocenters. The largest absolute Gasteiger partial charge is 0.477 e. The Bertz CT molecular complexity index is 622. The van der Waals surface area contributed by atoms with Gasteiger partial charge in [-0.25, -0.2) is 0 Å². The summed E-state index contributed by atoms with van der Waals surface area (Å²) in [5.41, 5.74) is 0.712. The van der Waals surface area contributed by atoms with Crippen molar-refractivity contribution < 1.29 is 19.1 Å². The van der Waals surface area contributed by atoms with Gasteiger partial charge in [0.25, 0.3) is 5.91 Å². The van der Waals surface area contributed by atoms with Crippen LogP contribution in [-0.2, 0) is 14.3 Å². The molecule has 0 aromatic heterocycles. The van der Waals surface area contributed by atoms with Crippen molar-refractivity contribution in [3.05, 3.63) is 24.3 Å². The van der Waals surface area contributed by atoms with Crippen LogP contribution in [0.25, 0.3) is 0 Å². The van der Waals surface area contributed by atoms with E-state index in [9.17, 15) is 9.59 Å². The lowest BCUT2D eigenvalue weighted by molar-refractivity contribution is -0.128. The molecular formula is C17H23N3O4. The number of carbonyl (C=O) groups excluding carboxylic acids is 2. The van der Waals surface area contributed by atoms with Crippen LogP contribution in [0.3, 0.4) is 0 Å². The van der Waals surface area contributed by atoms with E-state index in [1.54, 1.807) is 18.0 Å². The van der Waals surface area contributed by atoms with Gasteiger partial charge in [0.05, 0.1) is 31.5 Å². The van der Waals surface area contributed by atoms with Gasteiger partial charge in [0.1, 0.15) is 5.75 Å². The van der Waals surface area contributed by atoms with Crippen LogP contribution in [0.15, 0.2) is 24.3 Å². The fourth-order valence-electron chi connectivity index (χ4n) is 3.08. The summed E-state index contributed by atoms with van der Waals surface area (Å²) in [6.45, 7) is 4.63. The number of para-hydroxylation sites is 2. The summed E-state index contributed by atoms with van der Waals surface area (Å²) < 4.78 is 11.2. The third kappa shape index (κ3) is 3.52. The van der Waals surface area contributed by atoms with Gasteiger partial charge < -0.3 is 19.7 Å². The third-order valence-electron chi connectivity index (χ3n) is 4.30. The van der Waals surface area contributed by atoms with Crippen LogP contribution >= 0.6 is 0 Å². The van der Waals surface area contributed by atoms with E-state index in [-0.39, 0.29) is 24.5 Å². The first-order valence-electron chi connectivity index (χ1n) is 8.20. The van der Waals surface area contributed by atoms with E-state index < -0.39 is 6.10 Å². The normalized spacial score (nSPS) is 24.0. The average Bonchev–Trinajstić information content (AvgIpc) is 2.60. The van der Waals surface area contributed by atoms with E-state index >= 15 is 0 Å². The number of nitrogens with one attached hydrogen (secondary N) is 1. The standard InChI is InChI=1S/C17H23N3O4/c1-12-9-19(7-8-23-12)11-16(21)20-10-15(17(22)18-2)24-14-6-4-3-5-13(14)20/h3-6,12,15H,7-11H2,1-2H3,(H,18,22)/t12-,15-/m0/s1. The molecule has 3 rings (SSSR count). The molecule has 24 heavy (non-hydrogen) atoms. The Hall–Kier alpha value is -2.12. The maximum absolute atomic E-state index is 12.8. The number of rotatable bonds is 3. The summed E-state index contributed by atoms with van der Waals surface area (Å²) in [5, 5.41) is 2.58. The van der Waals surface area contributed by atoms with E-state index in [4.69, 9.17) is 9.47 Å². The Morgan fingerprint density at radius 2 is 2.08 bits per heavy atom. The Morgan fingerprint density at radius 1 is 1.29 bits per heavy atom. The molecule has 130 valence electrons. The number of carbonyl (C=O) groups is 2. The number of nitrogens with zero attached hydrogens (tertiary/aromatic N) is 2. The van der Waals surface area contributed by atoms with E-state index in [1.165, 1.54) is 0 Å². The molecule has 1 saturated heterocycles. The molecule has 7 heteroatoms. The second-order valence-electron chi connectivity index (χ2n) is 6.11. The van der Waals surface area contributed by atoms with E-state index in [0.29, 0.717) is 24.6 Å². The number of likely N-dealkylation sites (N-methyl/N-ethyl adjacent to an activating group) is 1. The molecule has 2 heterocycles. The molecule has 0 bridgehead atoms. The van der Waals surface area contributed by atoms with Gasteiger partial charge in [-0.15, -0.1) is 0 Å². The first kappa shape index (κ1) is 16.7. The van der Waals surface area contributed by atoms with Crippen molar-refractivity contribution in [3.8, 4) is 5.75 Å². The number of benzene rings is 1. The number of anilines is 1. The van der Waals surface area contributed by atoms with Gasteiger partial charge in [-0.2, -0.15) is 0 Å². The van der Waals surface area contributed by atoms with Crippen molar-refractivity contribution in [2.24, 2.45) is 0 Å². The van der Waals surface area contributed by atoms with Crippen molar-refractivity contribution in [2.75, 3.05) is 44.7 Å². The maximum atomic E-state index is 12.8. The highest BCUT2D eigenvalue weighted by molar-refractivity contribution is 5.98. The molecule has 7 nitrogen and oxygen atoms in total. The number of hydrogen-bond acceptors (Lipinski definition) is 5. The Labute approximate surface area is 141 Å². The predicted molar refractivity (Wildman–Crippen MR) is 89.1 cm³/mol. The summed E-state index contributed by atoms with van der Waals surface area (Å²) >= 11 is 0. The fourth-order valence-corrected chi connectivity index (χ4v) is 3.08. The van der Waals surface area contributed by atoms with Crippen molar-refractivity contribution in [3.63, 3.8) is 0 Å². The van der Waals surface area contributed by atoms with Crippen molar-refractivity contribution in [2.45, 2.75) is 19.1 Å². The van der Waals surface area contributed by atoms with Gasteiger partial charge in [-0.05, 0) is 19.1 Å². The van der Waals surface area contributed by atoms with Gasteiger partial charge in [0.2, 0.25) is 5.91 Å². The second kappa shape index (κ2) is 7.19. The fraction of sp³-hybridized carbons (Fsp3) is 0.529. The van der Waals surface area contributed by atoms with Gasteiger partial charge in [-0.3, -0.25) is 14.5 Å². The molecule has 0 radical (unpaired) electrons. The van der Waals surface area contributed by atoms with Gasteiger partial charge in [0.15, 0.2) is 6.10 Å².